The summed E-state index contributed by atoms with van der Waals surface area (Å²) in [7, 11) is 0. The molecule has 0 saturated carbocycles. The van der Waals surface area contributed by atoms with Gasteiger partial charge in [-0.05, 0) is 6.42 Å². The van der Waals surface area contributed by atoms with Crippen molar-refractivity contribution in [3.8, 4) is 11.3 Å². The lowest BCUT2D eigenvalue weighted by Gasteiger charge is -2.15. The molecule has 0 radical (unpaired) electrons. The fourth-order valence-corrected chi connectivity index (χ4v) is 2.47. The number of hydrogen-bond acceptors (Lipinski definition) is 7. The highest BCUT2D eigenvalue weighted by Gasteiger charge is 2.29. The van der Waals surface area contributed by atoms with Gasteiger partial charge in [-0.25, -0.2) is 19.7 Å². The van der Waals surface area contributed by atoms with Gasteiger partial charge in [0.05, 0.1) is 17.6 Å². The van der Waals surface area contributed by atoms with Crippen LogP contribution in [0.25, 0.3) is 11.3 Å². The highest BCUT2D eigenvalue weighted by molar-refractivity contribution is 5.89. The van der Waals surface area contributed by atoms with Gasteiger partial charge in [-0.3, -0.25) is 15.3 Å². The average Bonchev–Trinajstić information content (AvgIpc) is 2.67. The van der Waals surface area contributed by atoms with E-state index in [9.17, 15) is 13.6 Å². The minimum atomic E-state index is -3.20. The summed E-state index contributed by atoms with van der Waals surface area (Å²) in [5.41, 5.74) is 7.01. The fraction of sp³-hybridized carbons (Fsp3) is 0.222. The van der Waals surface area contributed by atoms with Crippen molar-refractivity contribution >= 4 is 23.4 Å². The Morgan fingerprint density at radius 2 is 1.93 bits per heavy atom. The molecule has 29 heavy (non-hydrogen) atoms. The number of nitrogens with two attached hydrogens (primary N) is 1. The number of anilines is 3. The SMILES string of the molecule is CCc1cc(Nc2cc(NC(N)=O)ncc2-c2cnccn2)nc(C(C)(F)F)n1. The lowest BCUT2D eigenvalue weighted by atomic mass is 10.1. The molecule has 0 aliphatic rings. The predicted octanol–water partition coefficient (Wildman–Crippen LogP) is 3.24. The lowest BCUT2D eigenvalue weighted by Crippen LogP contribution is -2.20. The first-order valence-corrected chi connectivity index (χ1v) is 8.62. The summed E-state index contributed by atoms with van der Waals surface area (Å²) in [5, 5.41) is 5.35. The summed E-state index contributed by atoms with van der Waals surface area (Å²) >= 11 is 0. The van der Waals surface area contributed by atoms with Crippen LogP contribution in [0, 0.1) is 0 Å². The number of nitrogens with zero attached hydrogens (tertiary/aromatic N) is 5. The minimum Gasteiger partial charge on any atom is -0.351 e. The number of nitrogens with one attached hydrogen (secondary N) is 2. The van der Waals surface area contributed by atoms with E-state index in [1.165, 1.54) is 30.9 Å². The van der Waals surface area contributed by atoms with E-state index in [4.69, 9.17) is 5.73 Å². The Bertz CT molecular complexity index is 1020. The largest absolute Gasteiger partial charge is 0.351 e. The van der Waals surface area contributed by atoms with E-state index in [1.54, 1.807) is 13.0 Å². The number of amides is 2. The number of rotatable bonds is 6. The fourth-order valence-electron chi connectivity index (χ4n) is 2.47. The Morgan fingerprint density at radius 3 is 2.55 bits per heavy atom. The molecule has 3 aromatic rings. The number of aromatic nitrogens is 5. The number of aryl methyl sites for hydroxylation is 1. The van der Waals surface area contributed by atoms with Gasteiger partial charge in [0, 0.05) is 48.9 Å². The maximum absolute atomic E-state index is 13.8. The van der Waals surface area contributed by atoms with Crippen LogP contribution in [0.3, 0.4) is 0 Å². The summed E-state index contributed by atoms with van der Waals surface area (Å²) in [6.07, 6.45) is 6.44. The van der Waals surface area contributed by atoms with Crippen molar-refractivity contribution in [3.05, 3.63) is 48.4 Å². The first-order chi connectivity index (χ1) is 13.8. The monoisotopic (exact) mass is 400 g/mol. The van der Waals surface area contributed by atoms with E-state index in [2.05, 4.69) is 35.6 Å². The van der Waals surface area contributed by atoms with Crippen molar-refractivity contribution in [1.29, 1.82) is 0 Å². The maximum atomic E-state index is 13.8. The van der Waals surface area contributed by atoms with Crippen molar-refractivity contribution in [2.75, 3.05) is 10.6 Å². The third kappa shape index (κ3) is 4.94. The molecule has 0 fully saturated rings. The van der Waals surface area contributed by atoms with Gasteiger partial charge in [-0.1, -0.05) is 6.92 Å². The van der Waals surface area contributed by atoms with Gasteiger partial charge < -0.3 is 11.1 Å². The van der Waals surface area contributed by atoms with Crippen molar-refractivity contribution < 1.29 is 13.6 Å². The second kappa shape index (κ2) is 8.09. The van der Waals surface area contributed by atoms with Crippen molar-refractivity contribution in [2.45, 2.75) is 26.2 Å². The Kier molecular flexibility index (Phi) is 5.57. The van der Waals surface area contributed by atoms with Gasteiger partial charge in [0.25, 0.3) is 0 Å². The molecule has 3 heterocycles. The molecule has 0 saturated heterocycles. The number of hydrogen-bond donors (Lipinski definition) is 3. The number of pyridine rings is 1. The number of halogens is 2. The van der Waals surface area contributed by atoms with E-state index in [-0.39, 0.29) is 11.6 Å². The summed E-state index contributed by atoms with van der Waals surface area (Å²) in [5.74, 6) is -3.47. The Morgan fingerprint density at radius 1 is 1.14 bits per heavy atom. The van der Waals surface area contributed by atoms with Crippen LogP contribution in [-0.2, 0) is 12.3 Å². The molecule has 3 rings (SSSR count). The summed E-state index contributed by atoms with van der Waals surface area (Å²) in [6.45, 7) is 2.54. The molecular weight excluding hydrogens is 382 g/mol. The quantitative estimate of drug-likeness (QED) is 0.579. The number of carbonyl (C=O) groups is 1. The Hall–Kier alpha value is -3.76. The third-order valence-corrected chi connectivity index (χ3v) is 3.79. The van der Waals surface area contributed by atoms with Gasteiger partial charge in [0.15, 0.2) is 0 Å². The highest BCUT2D eigenvalue weighted by atomic mass is 19.3. The van der Waals surface area contributed by atoms with Crippen LogP contribution in [0.15, 0.2) is 36.9 Å². The van der Waals surface area contributed by atoms with Crippen molar-refractivity contribution in [1.82, 2.24) is 24.9 Å². The van der Waals surface area contributed by atoms with Crippen LogP contribution in [0.4, 0.5) is 30.9 Å². The molecule has 4 N–H and O–H groups in total. The molecule has 0 aliphatic heterocycles. The first-order valence-electron chi connectivity index (χ1n) is 8.62. The van der Waals surface area contributed by atoms with Gasteiger partial charge in [0.1, 0.15) is 11.6 Å². The Labute approximate surface area is 164 Å². The molecule has 0 aromatic carbocycles. The van der Waals surface area contributed by atoms with E-state index in [0.29, 0.717) is 29.1 Å². The second-order valence-electron chi connectivity index (χ2n) is 6.13. The predicted molar refractivity (Wildman–Crippen MR) is 103 cm³/mol. The zero-order chi connectivity index (χ0) is 21.0. The van der Waals surface area contributed by atoms with Crippen molar-refractivity contribution in [2.24, 2.45) is 5.73 Å². The topological polar surface area (TPSA) is 132 Å². The maximum Gasteiger partial charge on any atom is 0.317 e. The standard InChI is InChI=1S/C18H18F2N8O/c1-3-10-6-15(27-16(25-10)18(2,19)20)26-12-7-14(28-17(21)29)24-8-11(12)13-9-22-4-5-23-13/h4-9H,3H2,1-2H3,(H4,21,24,25,26,27,28,29). The number of primary amides is 1. The molecular formula is C18H18F2N8O. The smallest absolute Gasteiger partial charge is 0.317 e. The van der Waals surface area contributed by atoms with Gasteiger partial charge in [-0.2, -0.15) is 8.78 Å². The Balaban J connectivity index is 2.08. The second-order valence-corrected chi connectivity index (χ2v) is 6.13. The minimum absolute atomic E-state index is 0.162. The molecule has 0 spiro atoms. The van der Waals surface area contributed by atoms with Crippen LogP contribution >= 0.6 is 0 Å². The molecule has 3 aromatic heterocycles. The first kappa shape index (κ1) is 20.0. The highest BCUT2D eigenvalue weighted by Crippen LogP contribution is 2.31. The molecule has 0 unspecified atom stereocenters. The number of carbonyl (C=O) groups excluding carboxylic acids is 1. The molecule has 150 valence electrons. The average molecular weight is 400 g/mol. The summed E-state index contributed by atoms with van der Waals surface area (Å²) in [6, 6.07) is 2.27. The zero-order valence-electron chi connectivity index (χ0n) is 15.6. The van der Waals surface area contributed by atoms with Crippen LogP contribution in [0.5, 0.6) is 0 Å². The molecule has 11 heteroatoms. The number of urea groups is 1. The van der Waals surface area contributed by atoms with Crippen LogP contribution in [-0.4, -0.2) is 31.0 Å². The third-order valence-electron chi connectivity index (χ3n) is 3.79. The molecule has 9 nitrogen and oxygen atoms in total. The zero-order valence-corrected chi connectivity index (χ0v) is 15.6. The number of alkyl halides is 2. The van der Waals surface area contributed by atoms with Crippen LogP contribution in [0.1, 0.15) is 25.4 Å². The van der Waals surface area contributed by atoms with Gasteiger partial charge in [0.2, 0.25) is 5.82 Å². The van der Waals surface area contributed by atoms with E-state index in [0.717, 1.165) is 6.92 Å². The molecule has 0 aliphatic carbocycles. The molecule has 2 amide bonds. The van der Waals surface area contributed by atoms with Crippen molar-refractivity contribution in [3.63, 3.8) is 0 Å². The normalized spacial score (nSPS) is 11.2. The van der Waals surface area contributed by atoms with Crippen LogP contribution in [0.2, 0.25) is 0 Å². The van der Waals surface area contributed by atoms with Gasteiger partial charge >= 0.3 is 12.0 Å². The molecule has 0 atom stereocenters. The lowest BCUT2D eigenvalue weighted by molar-refractivity contribution is 0.00762. The van der Waals surface area contributed by atoms with Crippen LogP contribution < -0.4 is 16.4 Å². The summed E-state index contributed by atoms with van der Waals surface area (Å²) in [4.78, 5) is 31.3. The van der Waals surface area contributed by atoms with Gasteiger partial charge in [-0.15, -0.1) is 0 Å². The van der Waals surface area contributed by atoms with E-state index >= 15 is 0 Å². The van der Waals surface area contributed by atoms with E-state index in [1.807, 2.05) is 0 Å². The molecule has 0 bridgehead atoms. The van der Waals surface area contributed by atoms with E-state index < -0.39 is 17.8 Å². The summed E-state index contributed by atoms with van der Waals surface area (Å²) < 4.78 is 27.6.